The monoisotopic (exact) mass is 444 g/mol. The molecule has 2 unspecified atom stereocenters. The van der Waals surface area contributed by atoms with Crippen molar-refractivity contribution in [2.24, 2.45) is 5.41 Å². The van der Waals surface area contributed by atoms with Crippen LogP contribution in [-0.4, -0.2) is 40.8 Å². The van der Waals surface area contributed by atoms with E-state index in [1.165, 1.54) is 19.2 Å². The maximum atomic E-state index is 15.6. The molecule has 0 bridgehead atoms. The molecule has 1 fully saturated rings. The summed E-state index contributed by atoms with van der Waals surface area (Å²) in [5.41, 5.74) is 0.502. The van der Waals surface area contributed by atoms with E-state index >= 15 is 4.39 Å². The van der Waals surface area contributed by atoms with Crippen LogP contribution in [0.5, 0.6) is 0 Å². The topological polar surface area (TPSA) is 88.8 Å². The van der Waals surface area contributed by atoms with Crippen LogP contribution in [0, 0.1) is 11.2 Å². The summed E-state index contributed by atoms with van der Waals surface area (Å²) < 4.78 is 22.9. The Kier molecular flexibility index (Phi) is 5.51. The quantitative estimate of drug-likeness (QED) is 0.720. The van der Waals surface area contributed by atoms with Crippen molar-refractivity contribution in [2.45, 2.75) is 65.5 Å². The molecular weight excluding hydrogens is 415 g/mol. The molecular formula is C24H29FN2O5. The van der Waals surface area contributed by atoms with Crippen molar-refractivity contribution in [1.82, 2.24) is 4.57 Å². The lowest BCUT2D eigenvalue weighted by molar-refractivity contribution is -0.154. The Bertz CT molecular complexity index is 1170. The highest BCUT2D eigenvalue weighted by Gasteiger charge is 2.42. The Hall–Kier alpha value is -2.90. The summed E-state index contributed by atoms with van der Waals surface area (Å²) in [6.07, 6.45) is 3.82. The molecule has 1 aromatic carbocycles. The number of benzene rings is 1. The molecule has 0 saturated carbocycles. The number of carbonyl (C=O) groups excluding carboxylic acids is 1. The van der Waals surface area contributed by atoms with E-state index < -0.39 is 17.2 Å². The Morgan fingerprint density at radius 2 is 2.06 bits per heavy atom. The first kappa shape index (κ1) is 22.3. The van der Waals surface area contributed by atoms with Gasteiger partial charge in [-0.25, -0.2) is 9.18 Å². The Morgan fingerprint density at radius 3 is 2.69 bits per heavy atom. The Morgan fingerprint density at radius 1 is 1.34 bits per heavy atom. The number of carboxylic acids is 1. The minimum Gasteiger partial charge on any atom is -0.477 e. The Labute approximate surface area is 185 Å². The predicted molar refractivity (Wildman–Crippen MR) is 119 cm³/mol. The van der Waals surface area contributed by atoms with E-state index in [4.69, 9.17) is 4.74 Å². The number of hydrogen-bond acceptors (Lipinski definition) is 5. The van der Waals surface area contributed by atoms with E-state index in [-0.39, 0.29) is 34.5 Å². The van der Waals surface area contributed by atoms with Crippen molar-refractivity contribution < 1.29 is 23.8 Å². The zero-order chi connectivity index (χ0) is 23.4. The Balaban J connectivity index is 1.88. The number of carboxylic acid groups (broad SMARTS) is 1. The number of aryl methyl sites for hydroxylation is 1. The maximum absolute atomic E-state index is 15.6. The van der Waals surface area contributed by atoms with Crippen LogP contribution in [0.3, 0.4) is 0 Å². The average Bonchev–Trinajstić information content (AvgIpc) is 2.73. The van der Waals surface area contributed by atoms with Gasteiger partial charge in [-0.05, 0) is 32.3 Å². The number of anilines is 1. The van der Waals surface area contributed by atoms with Crippen molar-refractivity contribution in [3.05, 3.63) is 39.4 Å². The molecule has 0 radical (unpaired) electrons. The van der Waals surface area contributed by atoms with Crippen LogP contribution in [0.25, 0.3) is 10.9 Å². The fourth-order valence-corrected chi connectivity index (χ4v) is 5.30. The first-order valence-corrected chi connectivity index (χ1v) is 11.1. The van der Waals surface area contributed by atoms with Crippen LogP contribution in [-0.2, 0) is 16.0 Å². The smallest absolute Gasteiger partial charge is 0.341 e. The van der Waals surface area contributed by atoms with Gasteiger partial charge >= 0.3 is 11.9 Å². The molecule has 2 aliphatic rings. The standard InChI is InChI=1S/C24H29FN2O5/c1-5-24(4)12-26(9-8-19(24)32-14(3)28)21-15-7-6-13(2)27-11-17(23(30)31)22(29)16(20(15)27)10-18(21)25/h10-11,13,19H,5-9,12H2,1-4H3,(H,30,31)/t13?,19-,24?/m0/s1. The van der Waals surface area contributed by atoms with Gasteiger partial charge in [0.15, 0.2) is 0 Å². The van der Waals surface area contributed by atoms with Crippen molar-refractivity contribution in [2.75, 3.05) is 18.0 Å². The van der Waals surface area contributed by atoms with Gasteiger partial charge in [-0.15, -0.1) is 0 Å². The maximum Gasteiger partial charge on any atom is 0.341 e. The molecule has 2 aliphatic heterocycles. The van der Waals surface area contributed by atoms with E-state index in [1.54, 1.807) is 0 Å². The second kappa shape index (κ2) is 7.90. The van der Waals surface area contributed by atoms with Crippen molar-refractivity contribution >= 4 is 28.5 Å². The van der Waals surface area contributed by atoms with E-state index in [2.05, 4.69) is 0 Å². The number of rotatable bonds is 4. The minimum absolute atomic E-state index is 0.00220. The molecule has 172 valence electrons. The first-order valence-electron chi connectivity index (χ1n) is 11.1. The fourth-order valence-electron chi connectivity index (χ4n) is 5.30. The number of nitrogens with zero attached hydrogens (tertiary/aromatic N) is 2. The highest BCUT2D eigenvalue weighted by atomic mass is 19.1. The second-order valence-electron chi connectivity index (χ2n) is 9.37. The minimum atomic E-state index is -1.31. The number of ether oxygens (including phenoxy) is 1. The highest BCUT2D eigenvalue weighted by Crippen LogP contribution is 2.42. The summed E-state index contributed by atoms with van der Waals surface area (Å²) >= 11 is 0. The first-order chi connectivity index (χ1) is 15.1. The van der Waals surface area contributed by atoms with Crippen LogP contribution in [0.15, 0.2) is 17.1 Å². The third kappa shape index (κ3) is 3.45. The zero-order valence-electron chi connectivity index (χ0n) is 18.9. The third-order valence-corrected chi connectivity index (χ3v) is 7.28. The number of halogens is 1. The molecule has 4 rings (SSSR count). The van der Waals surface area contributed by atoms with Gasteiger partial charge in [0.2, 0.25) is 5.43 Å². The van der Waals surface area contributed by atoms with Gasteiger partial charge in [0.25, 0.3) is 0 Å². The fraction of sp³-hybridized carbons (Fsp3) is 0.542. The van der Waals surface area contributed by atoms with Crippen LogP contribution in [0.4, 0.5) is 10.1 Å². The number of hydrogen-bond donors (Lipinski definition) is 1. The van der Waals surface area contributed by atoms with E-state index in [9.17, 15) is 19.5 Å². The lowest BCUT2D eigenvalue weighted by atomic mass is 9.76. The van der Waals surface area contributed by atoms with E-state index in [1.807, 2.05) is 30.2 Å². The van der Waals surface area contributed by atoms with E-state index in [0.717, 1.165) is 18.4 Å². The molecule has 0 spiro atoms. The predicted octanol–water partition coefficient (Wildman–Crippen LogP) is 3.90. The molecule has 7 nitrogen and oxygen atoms in total. The molecule has 1 saturated heterocycles. The number of piperidine rings is 1. The normalized spacial score (nSPS) is 25.1. The molecule has 1 N–H and O–H groups in total. The summed E-state index contributed by atoms with van der Waals surface area (Å²) in [4.78, 5) is 38.0. The molecule has 2 aromatic rings. The highest BCUT2D eigenvalue weighted by molar-refractivity contribution is 5.95. The van der Waals surface area contributed by atoms with E-state index in [0.29, 0.717) is 37.1 Å². The molecule has 1 aromatic heterocycles. The second-order valence-corrected chi connectivity index (χ2v) is 9.37. The van der Waals surface area contributed by atoms with Gasteiger partial charge in [0.05, 0.1) is 11.2 Å². The van der Waals surface area contributed by atoms with Crippen LogP contribution >= 0.6 is 0 Å². The summed E-state index contributed by atoms with van der Waals surface area (Å²) in [6.45, 7) is 8.50. The number of carbonyl (C=O) groups is 2. The van der Waals surface area contributed by atoms with Crippen LogP contribution in [0.2, 0.25) is 0 Å². The van der Waals surface area contributed by atoms with Crippen molar-refractivity contribution in [3.8, 4) is 0 Å². The lowest BCUT2D eigenvalue weighted by Gasteiger charge is -2.47. The number of esters is 1. The summed E-state index contributed by atoms with van der Waals surface area (Å²) in [6, 6.07) is 1.19. The molecule has 0 aliphatic carbocycles. The number of aromatic carboxylic acids is 1. The molecule has 3 heterocycles. The molecule has 0 amide bonds. The SMILES string of the molecule is CCC1(C)CN(c2c(F)cc3c(=O)c(C(=O)O)cn4c3c2CCC4C)CC[C@@H]1OC(C)=O. The summed E-state index contributed by atoms with van der Waals surface area (Å²) in [7, 11) is 0. The molecule has 3 atom stereocenters. The van der Waals surface area contributed by atoms with Crippen molar-refractivity contribution in [1.29, 1.82) is 0 Å². The van der Waals surface area contributed by atoms with Crippen LogP contribution < -0.4 is 10.3 Å². The van der Waals surface area contributed by atoms with Gasteiger partial charge in [-0.3, -0.25) is 9.59 Å². The lowest BCUT2D eigenvalue weighted by Crippen LogP contribution is -2.52. The molecule has 8 heteroatoms. The largest absolute Gasteiger partial charge is 0.477 e. The van der Waals surface area contributed by atoms with Gasteiger partial charge < -0.3 is 19.3 Å². The molecule has 32 heavy (non-hydrogen) atoms. The summed E-state index contributed by atoms with van der Waals surface area (Å²) in [5.74, 6) is -2.14. The summed E-state index contributed by atoms with van der Waals surface area (Å²) in [5, 5.41) is 9.58. The van der Waals surface area contributed by atoms with Crippen LogP contribution in [0.1, 0.15) is 68.9 Å². The number of pyridine rings is 1. The zero-order valence-corrected chi connectivity index (χ0v) is 18.9. The van der Waals surface area contributed by atoms with Gasteiger partial charge in [0, 0.05) is 55.0 Å². The van der Waals surface area contributed by atoms with Gasteiger partial charge in [-0.2, -0.15) is 0 Å². The van der Waals surface area contributed by atoms with Gasteiger partial charge in [-0.1, -0.05) is 13.8 Å². The average molecular weight is 445 g/mol. The number of aromatic nitrogens is 1. The third-order valence-electron chi connectivity index (χ3n) is 7.28. The van der Waals surface area contributed by atoms with Crippen molar-refractivity contribution in [3.63, 3.8) is 0 Å². The van der Waals surface area contributed by atoms with Gasteiger partial charge in [0.1, 0.15) is 17.5 Å².